The van der Waals surface area contributed by atoms with Crippen LogP contribution < -0.4 is 0 Å². The van der Waals surface area contributed by atoms with Crippen LogP contribution in [0.5, 0.6) is 0 Å². The van der Waals surface area contributed by atoms with Crippen LogP contribution >= 0.6 is 7.14 Å². The molecule has 0 spiro atoms. The molecular weight excluding hydrogens is 131 g/mol. The average molecular weight is 148 g/mol. The lowest BCUT2D eigenvalue weighted by Gasteiger charge is -2.11. The first kappa shape index (κ1) is 9.23. The topological polar surface area (TPSA) is 17.1 Å². The van der Waals surface area contributed by atoms with Crippen molar-refractivity contribution in [1.29, 1.82) is 0 Å². The highest BCUT2D eigenvalue weighted by Gasteiger charge is 2.13. The molecule has 0 N–H and O–H groups in total. The third-order valence-corrected chi connectivity index (χ3v) is 5.35. The van der Waals surface area contributed by atoms with Gasteiger partial charge in [0.2, 0.25) is 0 Å². The second-order valence-corrected chi connectivity index (χ2v) is 6.24. The Morgan fingerprint density at radius 3 is 1.67 bits per heavy atom. The van der Waals surface area contributed by atoms with E-state index >= 15 is 0 Å². The standard InChI is InChI=1S/C7H17OP/c1-4-7-9(8,5-2)6-3/h4-7H2,1-3H3. The van der Waals surface area contributed by atoms with Crippen LogP contribution in [0.3, 0.4) is 0 Å². The van der Waals surface area contributed by atoms with Crippen LogP contribution in [0.15, 0.2) is 0 Å². The molecule has 0 aromatic rings. The van der Waals surface area contributed by atoms with Gasteiger partial charge in [-0.3, -0.25) is 0 Å². The Morgan fingerprint density at radius 1 is 1.11 bits per heavy atom. The zero-order chi connectivity index (χ0) is 7.33. The van der Waals surface area contributed by atoms with Crippen LogP contribution in [0, 0.1) is 0 Å². The van der Waals surface area contributed by atoms with E-state index in [-0.39, 0.29) is 0 Å². The summed E-state index contributed by atoms with van der Waals surface area (Å²) >= 11 is 0. The van der Waals surface area contributed by atoms with Crippen LogP contribution in [0.25, 0.3) is 0 Å². The average Bonchev–Trinajstić information content (AvgIpc) is 1.89. The molecule has 0 rings (SSSR count). The Kier molecular flexibility index (Phi) is 4.22. The van der Waals surface area contributed by atoms with Gasteiger partial charge in [-0.2, -0.15) is 0 Å². The summed E-state index contributed by atoms with van der Waals surface area (Å²) in [6.07, 6.45) is 3.79. The third-order valence-electron chi connectivity index (χ3n) is 1.78. The van der Waals surface area contributed by atoms with Crippen molar-refractivity contribution in [3.05, 3.63) is 0 Å². The summed E-state index contributed by atoms with van der Waals surface area (Å²) in [5, 5.41) is 0. The van der Waals surface area contributed by atoms with Gasteiger partial charge in [0.25, 0.3) is 0 Å². The van der Waals surface area contributed by atoms with Crippen LogP contribution in [0.2, 0.25) is 0 Å². The minimum Gasteiger partial charge on any atom is -0.324 e. The van der Waals surface area contributed by atoms with Crippen molar-refractivity contribution in [2.75, 3.05) is 18.5 Å². The summed E-state index contributed by atoms with van der Waals surface area (Å²) in [6, 6.07) is 0. The Balaban J connectivity index is 3.78. The summed E-state index contributed by atoms with van der Waals surface area (Å²) in [5.41, 5.74) is 0. The molecule has 0 bridgehead atoms. The molecule has 56 valence electrons. The van der Waals surface area contributed by atoms with Crippen molar-refractivity contribution < 1.29 is 4.57 Å². The molecule has 1 nitrogen and oxygen atoms in total. The van der Waals surface area contributed by atoms with Gasteiger partial charge in [0.05, 0.1) is 7.14 Å². The lowest BCUT2D eigenvalue weighted by Crippen LogP contribution is -1.93. The summed E-state index contributed by atoms with van der Waals surface area (Å²) in [5.74, 6) is 0. The van der Waals surface area contributed by atoms with E-state index < -0.39 is 7.14 Å². The summed E-state index contributed by atoms with van der Waals surface area (Å²) < 4.78 is 11.6. The van der Waals surface area contributed by atoms with E-state index in [9.17, 15) is 4.57 Å². The van der Waals surface area contributed by atoms with Gasteiger partial charge in [-0.15, -0.1) is 0 Å². The molecule has 0 aromatic carbocycles. The van der Waals surface area contributed by atoms with Crippen molar-refractivity contribution in [3.63, 3.8) is 0 Å². The quantitative estimate of drug-likeness (QED) is 0.560. The number of hydrogen-bond donors (Lipinski definition) is 0. The van der Waals surface area contributed by atoms with E-state index in [2.05, 4.69) is 6.92 Å². The van der Waals surface area contributed by atoms with Crippen LogP contribution in [0.4, 0.5) is 0 Å². The number of rotatable bonds is 4. The van der Waals surface area contributed by atoms with Gasteiger partial charge in [-0.25, -0.2) is 0 Å². The molecule has 0 aliphatic carbocycles. The fourth-order valence-corrected chi connectivity index (χ4v) is 2.84. The van der Waals surface area contributed by atoms with Crippen LogP contribution in [-0.4, -0.2) is 18.5 Å². The molecule has 9 heavy (non-hydrogen) atoms. The van der Waals surface area contributed by atoms with Crippen LogP contribution in [-0.2, 0) is 4.57 Å². The predicted molar refractivity (Wildman–Crippen MR) is 43.8 cm³/mol. The Hall–Kier alpha value is 0.230. The zero-order valence-electron chi connectivity index (χ0n) is 6.68. The normalized spacial score (nSPS) is 11.9. The van der Waals surface area contributed by atoms with E-state index in [0.717, 1.165) is 24.9 Å². The zero-order valence-corrected chi connectivity index (χ0v) is 7.58. The van der Waals surface area contributed by atoms with Gasteiger partial charge in [0.15, 0.2) is 0 Å². The smallest absolute Gasteiger partial charge is 0.0872 e. The summed E-state index contributed by atoms with van der Waals surface area (Å²) in [6.45, 7) is 6.15. The molecule has 0 radical (unpaired) electrons. The first-order chi connectivity index (χ1) is 4.18. The van der Waals surface area contributed by atoms with E-state index in [1.807, 2.05) is 13.8 Å². The number of hydrogen-bond acceptors (Lipinski definition) is 1. The first-order valence-corrected chi connectivity index (χ1v) is 6.02. The molecule has 0 amide bonds. The molecule has 0 aliphatic rings. The molecule has 2 heteroatoms. The molecule has 0 unspecified atom stereocenters. The fraction of sp³-hybridized carbons (Fsp3) is 1.00. The predicted octanol–water partition coefficient (Wildman–Crippen LogP) is 2.80. The fourth-order valence-electron chi connectivity index (χ4n) is 0.947. The molecule has 0 fully saturated rings. The first-order valence-electron chi connectivity index (χ1n) is 3.75. The summed E-state index contributed by atoms with van der Waals surface area (Å²) in [7, 11) is -1.68. The minimum absolute atomic E-state index is 0.886. The maximum atomic E-state index is 11.6. The molecule has 0 aromatic heterocycles. The third kappa shape index (κ3) is 3.05. The monoisotopic (exact) mass is 148 g/mol. The van der Waals surface area contributed by atoms with Crippen molar-refractivity contribution in [3.8, 4) is 0 Å². The van der Waals surface area contributed by atoms with Gasteiger partial charge in [0, 0.05) is 6.16 Å². The van der Waals surface area contributed by atoms with Crippen molar-refractivity contribution in [1.82, 2.24) is 0 Å². The summed E-state index contributed by atoms with van der Waals surface area (Å²) in [4.78, 5) is 0. The molecular formula is C7H17OP. The van der Waals surface area contributed by atoms with E-state index in [4.69, 9.17) is 0 Å². The molecule has 0 saturated heterocycles. The maximum absolute atomic E-state index is 11.6. The van der Waals surface area contributed by atoms with Crippen LogP contribution in [0.1, 0.15) is 27.2 Å². The highest BCUT2D eigenvalue weighted by atomic mass is 31.2. The van der Waals surface area contributed by atoms with E-state index in [1.165, 1.54) is 0 Å². The van der Waals surface area contributed by atoms with Crippen molar-refractivity contribution in [2.24, 2.45) is 0 Å². The van der Waals surface area contributed by atoms with E-state index in [0.29, 0.717) is 0 Å². The van der Waals surface area contributed by atoms with Gasteiger partial charge in [-0.1, -0.05) is 20.8 Å². The van der Waals surface area contributed by atoms with Crippen molar-refractivity contribution in [2.45, 2.75) is 27.2 Å². The molecule has 0 saturated carbocycles. The van der Waals surface area contributed by atoms with Gasteiger partial charge < -0.3 is 4.57 Å². The van der Waals surface area contributed by atoms with Gasteiger partial charge >= 0.3 is 0 Å². The molecule has 0 heterocycles. The van der Waals surface area contributed by atoms with Gasteiger partial charge in [0.1, 0.15) is 0 Å². The highest BCUT2D eigenvalue weighted by Crippen LogP contribution is 2.44. The largest absolute Gasteiger partial charge is 0.324 e. The van der Waals surface area contributed by atoms with Gasteiger partial charge in [-0.05, 0) is 18.7 Å². The lowest BCUT2D eigenvalue weighted by molar-refractivity contribution is 0.575. The minimum atomic E-state index is -1.68. The Morgan fingerprint density at radius 2 is 1.56 bits per heavy atom. The SMILES string of the molecule is CCCP(=O)(CC)CC. The second-order valence-electron chi connectivity index (χ2n) is 2.41. The lowest BCUT2D eigenvalue weighted by atomic mass is 10.6. The molecule has 0 atom stereocenters. The Bertz CT molecular complexity index is 101. The second kappa shape index (κ2) is 4.11. The Labute approximate surface area is 58.2 Å². The van der Waals surface area contributed by atoms with Crippen molar-refractivity contribution >= 4 is 7.14 Å². The molecule has 0 aliphatic heterocycles. The van der Waals surface area contributed by atoms with E-state index in [1.54, 1.807) is 0 Å². The maximum Gasteiger partial charge on any atom is 0.0872 e. The highest BCUT2D eigenvalue weighted by molar-refractivity contribution is 7.63.